The van der Waals surface area contributed by atoms with Crippen LogP contribution in [-0.4, -0.2) is 24.0 Å². The molecule has 0 spiro atoms. The molecule has 1 aromatic heterocycles. The molecule has 2 heterocycles. The number of hydrogen-bond donors (Lipinski definition) is 0. The lowest BCUT2D eigenvalue weighted by Gasteiger charge is -2.03. The van der Waals surface area contributed by atoms with E-state index in [0.29, 0.717) is 13.0 Å². The predicted molar refractivity (Wildman–Crippen MR) is 59.2 cm³/mol. The van der Waals surface area contributed by atoms with Gasteiger partial charge < -0.3 is 4.74 Å². The van der Waals surface area contributed by atoms with Crippen molar-refractivity contribution in [2.75, 3.05) is 13.2 Å². The first-order valence-corrected chi connectivity index (χ1v) is 6.02. The van der Waals surface area contributed by atoms with Crippen molar-refractivity contribution < 1.29 is 9.53 Å². The normalized spacial score (nSPS) is 20.8. The Balaban J connectivity index is 1.99. The van der Waals surface area contributed by atoms with Crippen molar-refractivity contribution in [1.82, 2.24) is 4.98 Å². The van der Waals surface area contributed by atoms with Gasteiger partial charge in [0, 0.05) is 17.4 Å². The molecule has 3 nitrogen and oxygen atoms in total. The topological polar surface area (TPSA) is 39.2 Å². The molecule has 0 saturated carbocycles. The van der Waals surface area contributed by atoms with E-state index in [1.807, 2.05) is 13.8 Å². The van der Waals surface area contributed by atoms with Crippen LogP contribution in [0.3, 0.4) is 0 Å². The molecule has 0 aliphatic carbocycles. The fourth-order valence-corrected chi connectivity index (χ4v) is 2.64. The molecule has 15 heavy (non-hydrogen) atoms. The highest BCUT2D eigenvalue weighted by molar-refractivity contribution is 7.11. The van der Waals surface area contributed by atoms with E-state index in [-0.39, 0.29) is 11.7 Å². The minimum Gasteiger partial charge on any atom is -0.381 e. The van der Waals surface area contributed by atoms with Gasteiger partial charge in [0.05, 0.1) is 18.7 Å². The molecule has 1 aliphatic rings. The highest BCUT2D eigenvalue weighted by Gasteiger charge is 2.24. The lowest BCUT2D eigenvalue weighted by molar-refractivity contribution is -0.122. The third kappa shape index (κ3) is 2.44. The summed E-state index contributed by atoms with van der Waals surface area (Å²) in [5, 5.41) is 0.946. The Morgan fingerprint density at radius 2 is 2.40 bits per heavy atom. The van der Waals surface area contributed by atoms with Crippen molar-refractivity contribution in [2.24, 2.45) is 5.92 Å². The number of carbonyl (C=O) groups is 1. The van der Waals surface area contributed by atoms with Crippen LogP contribution in [0.1, 0.15) is 22.0 Å². The van der Waals surface area contributed by atoms with Gasteiger partial charge in [0.1, 0.15) is 10.8 Å². The Bertz CT molecular complexity index is 347. The second-order valence-corrected chi connectivity index (χ2v) is 5.24. The van der Waals surface area contributed by atoms with Crippen molar-refractivity contribution >= 4 is 17.1 Å². The van der Waals surface area contributed by atoms with Crippen LogP contribution in [0.2, 0.25) is 0 Å². The Kier molecular flexibility index (Phi) is 3.17. The third-order valence-corrected chi connectivity index (χ3v) is 3.86. The van der Waals surface area contributed by atoms with Crippen LogP contribution in [0.4, 0.5) is 0 Å². The molecule has 2 rings (SSSR count). The molecule has 1 unspecified atom stereocenters. The van der Waals surface area contributed by atoms with Gasteiger partial charge in [0.15, 0.2) is 0 Å². The number of nitrogens with zero attached hydrogens (tertiary/aromatic N) is 1. The van der Waals surface area contributed by atoms with Crippen molar-refractivity contribution in [3.8, 4) is 0 Å². The van der Waals surface area contributed by atoms with E-state index in [1.54, 1.807) is 11.3 Å². The largest absolute Gasteiger partial charge is 0.381 e. The average Bonchev–Trinajstić information content (AvgIpc) is 2.77. The predicted octanol–water partition coefficient (Wildman–Crippen LogP) is 1.91. The summed E-state index contributed by atoms with van der Waals surface area (Å²) in [6.45, 7) is 5.35. The fraction of sp³-hybridized carbons (Fsp3) is 0.636. The van der Waals surface area contributed by atoms with Gasteiger partial charge in [0.25, 0.3) is 0 Å². The number of thiazole rings is 1. The maximum Gasteiger partial charge on any atom is 0.145 e. The maximum atomic E-state index is 11.8. The Labute approximate surface area is 93.5 Å². The highest BCUT2D eigenvalue weighted by atomic mass is 32.1. The molecule has 1 aromatic rings. The smallest absolute Gasteiger partial charge is 0.145 e. The van der Waals surface area contributed by atoms with E-state index in [0.717, 1.165) is 23.7 Å². The zero-order chi connectivity index (χ0) is 10.8. The Morgan fingerprint density at radius 1 is 1.60 bits per heavy atom. The van der Waals surface area contributed by atoms with Gasteiger partial charge in [-0.25, -0.2) is 4.98 Å². The van der Waals surface area contributed by atoms with Crippen LogP contribution in [0.5, 0.6) is 0 Å². The summed E-state index contributed by atoms with van der Waals surface area (Å²) in [6.07, 6.45) is 1.36. The van der Waals surface area contributed by atoms with E-state index in [1.165, 1.54) is 4.88 Å². The standard InChI is InChI=1S/C11H15NO2S/c1-7-8(2)15-11(12-7)5-10(13)9-3-4-14-6-9/h9H,3-6H2,1-2H3. The molecule has 1 saturated heterocycles. The molecule has 4 heteroatoms. The van der Waals surface area contributed by atoms with E-state index in [2.05, 4.69) is 4.98 Å². The molecule has 0 radical (unpaired) electrons. The minimum absolute atomic E-state index is 0.106. The number of carbonyl (C=O) groups excluding carboxylic acids is 1. The second kappa shape index (κ2) is 4.41. The fourth-order valence-electron chi connectivity index (χ4n) is 1.70. The van der Waals surface area contributed by atoms with Gasteiger partial charge in [-0.1, -0.05) is 0 Å². The first-order chi connectivity index (χ1) is 7.16. The van der Waals surface area contributed by atoms with Gasteiger partial charge in [-0.3, -0.25) is 4.79 Å². The monoisotopic (exact) mass is 225 g/mol. The average molecular weight is 225 g/mol. The molecule has 1 aliphatic heterocycles. The van der Waals surface area contributed by atoms with Crippen LogP contribution >= 0.6 is 11.3 Å². The molecule has 0 amide bonds. The molecule has 1 atom stereocenters. The zero-order valence-electron chi connectivity index (χ0n) is 9.08. The first-order valence-electron chi connectivity index (χ1n) is 5.20. The lowest BCUT2D eigenvalue weighted by Crippen LogP contribution is -2.16. The van der Waals surface area contributed by atoms with Crippen molar-refractivity contribution in [2.45, 2.75) is 26.7 Å². The van der Waals surface area contributed by atoms with Crippen LogP contribution < -0.4 is 0 Å². The first kappa shape index (κ1) is 10.8. The van der Waals surface area contributed by atoms with Gasteiger partial charge in [-0.05, 0) is 20.3 Å². The summed E-state index contributed by atoms with van der Waals surface area (Å²) >= 11 is 1.63. The Hall–Kier alpha value is -0.740. The van der Waals surface area contributed by atoms with Crippen LogP contribution in [-0.2, 0) is 16.0 Å². The summed E-state index contributed by atoms with van der Waals surface area (Å²) in [6, 6.07) is 0. The quantitative estimate of drug-likeness (QED) is 0.788. The summed E-state index contributed by atoms with van der Waals surface area (Å²) < 4.78 is 5.21. The van der Waals surface area contributed by atoms with E-state index >= 15 is 0 Å². The van der Waals surface area contributed by atoms with Crippen molar-refractivity contribution in [3.63, 3.8) is 0 Å². The maximum absolute atomic E-state index is 11.8. The molecule has 0 aromatic carbocycles. The van der Waals surface area contributed by atoms with Crippen LogP contribution in [0.15, 0.2) is 0 Å². The second-order valence-electron chi connectivity index (χ2n) is 3.95. The zero-order valence-corrected chi connectivity index (χ0v) is 9.89. The SMILES string of the molecule is Cc1nc(CC(=O)C2CCOC2)sc1C. The summed E-state index contributed by atoms with van der Waals surface area (Å²) in [4.78, 5) is 17.4. The van der Waals surface area contributed by atoms with Gasteiger partial charge in [0.2, 0.25) is 0 Å². The van der Waals surface area contributed by atoms with E-state index < -0.39 is 0 Å². The van der Waals surface area contributed by atoms with Crippen LogP contribution in [0.25, 0.3) is 0 Å². The highest BCUT2D eigenvalue weighted by Crippen LogP contribution is 2.20. The van der Waals surface area contributed by atoms with Crippen molar-refractivity contribution in [3.05, 3.63) is 15.6 Å². The van der Waals surface area contributed by atoms with E-state index in [9.17, 15) is 4.79 Å². The lowest BCUT2D eigenvalue weighted by atomic mass is 10.0. The molecule has 1 fully saturated rings. The number of aryl methyl sites for hydroxylation is 2. The number of ketones is 1. The summed E-state index contributed by atoms with van der Waals surface area (Å²) in [5.74, 6) is 0.385. The number of ether oxygens (including phenoxy) is 1. The molecular formula is C11H15NO2S. The van der Waals surface area contributed by atoms with Crippen LogP contribution in [0, 0.1) is 19.8 Å². The van der Waals surface area contributed by atoms with Gasteiger partial charge in [-0.15, -0.1) is 11.3 Å². The minimum atomic E-state index is 0.106. The van der Waals surface area contributed by atoms with Gasteiger partial charge >= 0.3 is 0 Å². The van der Waals surface area contributed by atoms with Crippen molar-refractivity contribution in [1.29, 1.82) is 0 Å². The molecule has 0 bridgehead atoms. The Morgan fingerprint density at radius 3 is 2.93 bits per heavy atom. The molecular weight excluding hydrogens is 210 g/mol. The third-order valence-electron chi connectivity index (χ3n) is 2.78. The summed E-state index contributed by atoms with van der Waals surface area (Å²) in [7, 11) is 0. The number of hydrogen-bond acceptors (Lipinski definition) is 4. The van der Waals surface area contributed by atoms with Gasteiger partial charge in [-0.2, -0.15) is 0 Å². The molecule has 82 valence electrons. The van der Waals surface area contributed by atoms with E-state index in [4.69, 9.17) is 4.74 Å². The number of Topliss-reactive ketones (excluding diaryl/α,β-unsaturated/α-hetero) is 1. The number of rotatable bonds is 3. The number of aromatic nitrogens is 1. The molecule has 0 N–H and O–H groups in total. The summed E-state index contributed by atoms with van der Waals surface area (Å²) in [5.41, 5.74) is 1.05.